The van der Waals surface area contributed by atoms with E-state index in [1.54, 1.807) is 69.9 Å². The SMILES string of the molecule is CCCCCC(N)C(=O)CC(CCCCC)C(=O)O.CCCCCC(N)C(=O)CC(CCCCC)C(=O)O.COCC(C)C(=O)O.COCC(C)C(=O)O.COCCC(=O)NC(COC)C(=O)O.CSCC(C)C(=O)O.CSCC(C)C(=O)O.CSCC(C)C(=O)O. The molecule has 29 heteroatoms. The van der Waals surface area contributed by atoms with Crippen LogP contribution in [0.25, 0.3) is 0 Å². The Morgan fingerprint density at radius 2 is 0.652 bits per heavy atom. The van der Waals surface area contributed by atoms with Gasteiger partial charge in [0.05, 0.1) is 79.9 Å². The minimum absolute atomic E-state index is 0.0476. The second-order valence-corrected chi connectivity index (χ2v) is 24.5. The van der Waals surface area contributed by atoms with Crippen LogP contribution in [0.5, 0.6) is 0 Å². The molecule has 10 unspecified atom stereocenters. The predicted octanol–water partition coefficient (Wildman–Crippen LogP) is 9.42. The number of ether oxygens (including phenoxy) is 4. The van der Waals surface area contributed by atoms with Crippen LogP contribution in [0.4, 0.5) is 0 Å². The molecule has 10 atom stereocenters. The molecule has 0 aromatic heterocycles. The molecule has 0 aliphatic carbocycles. The predicted molar refractivity (Wildman–Crippen MR) is 365 cm³/mol. The maximum atomic E-state index is 11.9. The van der Waals surface area contributed by atoms with E-state index in [0.717, 1.165) is 77.0 Å². The molecule has 0 heterocycles. The zero-order chi connectivity index (χ0) is 73.2. The first-order valence-corrected chi connectivity index (χ1v) is 35.4. The van der Waals surface area contributed by atoms with Gasteiger partial charge in [0.1, 0.15) is 11.6 Å². The van der Waals surface area contributed by atoms with E-state index in [9.17, 15) is 52.7 Å². The molecule has 1 amide bonds. The fourth-order valence-electron chi connectivity index (χ4n) is 6.66. The monoisotopic (exact) mass is 1390 g/mol. The molecule has 0 bridgehead atoms. The summed E-state index contributed by atoms with van der Waals surface area (Å²) < 4.78 is 18.5. The summed E-state index contributed by atoms with van der Waals surface area (Å²) in [4.78, 5) is 118. The van der Waals surface area contributed by atoms with Crippen LogP contribution < -0.4 is 16.8 Å². The second-order valence-electron chi connectivity index (χ2n) is 21.7. The Bertz CT molecular complexity index is 1710. The van der Waals surface area contributed by atoms with Gasteiger partial charge < -0.3 is 76.6 Å². The van der Waals surface area contributed by atoms with Crippen LogP contribution in [0, 0.1) is 41.4 Å². The Labute approximate surface area is 562 Å². The number of aliphatic carboxylic acids is 8. The highest BCUT2D eigenvalue weighted by Crippen LogP contribution is 2.18. The van der Waals surface area contributed by atoms with E-state index in [4.69, 9.17) is 52.3 Å². The molecular formula is C63H123N3O23S3. The van der Waals surface area contributed by atoms with Crippen molar-refractivity contribution >= 4 is 101 Å². The molecule has 0 saturated heterocycles. The molecule has 13 N–H and O–H groups in total. The highest BCUT2D eigenvalue weighted by Gasteiger charge is 2.26. The van der Waals surface area contributed by atoms with Gasteiger partial charge in [0, 0.05) is 65.0 Å². The summed E-state index contributed by atoms with van der Waals surface area (Å²) in [7, 11) is 5.81. The van der Waals surface area contributed by atoms with E-state index >= 15 is 0 Å². The molecule has 546 valence electrons. The van der Waals surface area contributed by atoms with Crippen LogP contribution in [0.3, 0.4) is 0 Å². The number of carbonyl (C=O) groups is 11. The van der Waals surface area contributed by atoms with Gasteiger partial charge in [-0.15, -0.1) is 0 Å². The molecule has 26 nitrogen and oxygen atoms in total. The number of rotatable bonds is 46. The number of hydrogen-bond acceptors (Lipinski definition) is 20. The maximum absolute atomic E-state index is 11.9. The third kappa shape index (κ3) is 76.1. The van der Waals surface area contributed by atoms with Gasteiger partial charge in [-0.25, -0.2) is 4.79 Å². The van der Waals surface area contributed by atoms with Gasteiger partial charge >= 0.3 is 47.8 Å². The molecule has 0 saturated carbocycles. The molecule has 0 aliphatic rings. The van der Waals surface area contributed by atoms with Crippen molar-refractivity contribution < 1.29 is 113 Å². The number of carboxylic acids is 8. The quantitative estimate of drug-likeness (QED) is 0.0253. The topological polar surface area (TPSA) is 451 Å². The molecule has 92 heavy (non-hydrogen) atoms. The molecule has 0 rings (SSSR count). The van der Waals surface area contributed by atoms with Gasteiger partial charge in [0.15, 0.2) is 6.04 Å². The lowest BCUT2D eigenvalue weighted by Gasteiger charge is -2.15. The standard InChI is InChI=1S/2C15H29NO3.C8H15NO5.2C5H10O3.3C5H10O2S/c2*1-3-5-7-9-12(15(18)19)11-14(17)13(16)10-8-6-4-2;1-13-4-3-7(10)9-6(5-14-2)8(11)12;5*1-4(3-8-2)5(6)7/h2*12-13H,3-11,16H2,1-2H3,(H,18,19);6H,3-5H2,1-2H3,(H,9,10)(H,11,12);5*4H,3H2,1-2H3,(H,6,7). The molecule has 0 aliphatic heterocycles. The van der Waals surface area contributed by atoms with Crippen molar-refractivity contribution in [3.8, 4) is 0 Å². The number of methoxy groups -OCH3 is 4. The number of nitrogens with two attached hydrogens (primary N) is 2. The lowest BCUT2D eigenvalue weighted by Crippen LogP contribution is -2.44. The number of hydrogen-bond donors (Lipinski definition) is 11. The van der Waals surface area contributed by atoms with E-state index in [1.165, 1.54) is 28.4 Å². The van der Waals surface area contributed by atoms with Crippen molar-refractivity contribution in [1.82, 2.24) is 5.32 Å². The zero-order valence-electron chi connectivity index (χ0n) is 58.2. The number of Topliss-reactive ketones (excluding diaryl/α,β-unsaturated/α-hetero) is 2. The Morgan fingerprint density at radius 3 is 0.837 bits per heavy atom. The van der Waals surface area contributed by atoms with Crippen LogP contribution in [0.1, 0.15) is 184 Å². The molecule has 0 spiro atoms. The summed E-state index contributed by atoms with van der Waals surface area (Å²) in [6.07, 6.45) is 20.6. The maximum Gasteiger partial charge on any atom is 0.328 e. The van der Waals surface area contributed by atoms with E-state index < -0.39 is 77.7 Å². The number of carbonyl (C=O) groups excluding carboxylic acids is 3. The van der Waals surface area contributed by atoms with Gasteiger partial charge in [-0.2, -0.15) is 35.3 Å². The number of amides is 1. The van der Waals surface area contributed by atoms with Crippen molar-refractivity contribution in [2.24, 2.45) is 52.9 Å². The number of nitrogens with one attached hydrogen (secondary N) is 1. The fraction of sp³-hybridized carbons (Fsp3) is 0.825. The Kier molecular flexibility index (Phi) is 83.0. The highest BCUT2D eigenvalue weighted by molar-refractivity contribution is 7.99. The summed E-state index contributed by atoms with van der Waals surface area (Å²) in [5, 5.41) is 70.6. The molecular weight excluding hydrogens is 1260 g/mol. The average Bonchev–Trinajstić information content (AvgIpc) is 3.68. The van der Waals surface area contributed by atoms with Crippen molar-refractivity contribution in [2.75, 3.05) is 90.9 Å². The largest absolute Gasteiger partial charge is 0.481 e. The zero-order valence-corrected chi connectivity index (χ0v) is 60.7. The van der Waals surface area contributed by atoms with Crippen molar-refractivity contribution in [2.45, 2.75) is 202 Å². The molecule has 0 aromatic rings. The van der Waals surface area contributed by atoms with Crippen LogP contribution in [0.2, 0.25) is 0 Å². The average molecular weight is 1390 g/mol. The molecule has 0 fully saturated rings. The van der Waals surface area contributed by atoms with E-state index in [0.29, 0.717) is 42.9 Å². The van der Waals surface area contributed by atoms with Gasteiger partial charge in [-0.05, 0) is 58.3 Å². The van der Waals surface area contributed by atoms with Gasteiger partial charge in [0.2, 0.25) is 5.91 Å². The first-order valence-electron chi connectivity index (χ1n) is 31.2. The summed E-state index contributed by atoms with van der Waals surface area (Å²) in [5.74, 6) is -7.56. The number of thioether (sulfide) groups is 3. The van der Waals surface area contributed by atoms with E-state index in [1.807, 2.05) is 18.8 Å². The van der Waals surface area contributed by atoms with Crippen LogP contribution >= 0.6 is 35.3 Å². The summed E-state index contributed by atoms with van der Waals surface area (Å²) in [6, 6.07) is -1.97. The number of unbranched alkanes of at least 4 members (excludes halogenated alkanes) is 8. The van der Waals surface area contributed by atoms with Crippen molar-refractivity contribution in [3.63, 3.8) is 0 Å². The summed E-state index contributed by atoms with van der Waals surface area (Å²) in [6.45, 7) is 17.5. The normalized spacial score (nSPS) is 13.4. The highest BCUT2D eigenvalue weighted by atomic mass is 32.2. The van der Waals surface area contributed by atoms with Gasteiger partial charge in [0.25, 0.3) is 0 Å². The third-order valence-corrected chi connectivity index (χ3v) is 15.2. The minimum atomic E-state index is -1.11. The molecule has 0 radical (unpaired) electrons. The van der Waals surface area contributed by atoms with Gasteiger partial charge in [-0.1, -0.05) is 126 Å². The summed E-state index contributed by atoms with van der Waals surface area (Å²) >= 11 is 4.67. The Morgan fingerprint density at radius 1 is 0.380 bits per heavy atom. The lowest BCUT2D eigenvalue weighted by atomic mass is 9.92. The van der Waals surface area contributed by atoms with Crippen LogP contribution in [-0.2, 0) is 71.7 Å². The first-order chi connectivity index (χ1) is 43.1. The second kappa shape index (κ2) is 73.8. The minimum Gasteiger partial charge on any atom is -0.481 e. The van der Waals surface area contributed by atoms with Crippen LogP contribution in [0.15, 0.2) is 0 Å². The number of ketones is 2. The molecule has 0 aromatic carbocycles. The summed E-state index contributed by atoms with van der Waals surface area (Å²) in [5.41, 5.74) is 11.6. The van der Waals surface area contributed by atoms with Crippen molar-refractivity contribution in [3.05, 3.63) is 0 Å². The first kappa shape index (κ1) is 103. The van der Waals surface area contributed by atoms with Gasteiger partial charge in [-0.3, -0.25) is 47.9 Å². The van der Waals surface area contributed by atoms with E-state index in [2.05, 4.69) is 52.0 Å². The van der Waals surface area contributed by atoms with Crippen LogP contribution in [-0.4, -0.2) is 215 Å². The lowest BCUT2D eigenvalue weighted by molar-refractivity contribution is -0.144. The van der Waals surface area contributed by atoms with E-state index in [-0.39, 0.29) is 92.8 Å². The fourth-order valence-corrected chi connectivity index (χ4v) is 8.58. The smallest absolute Gasteiger partial charge is 0.328 e. The van der Waals surface area contributed by atoms with Crippen molar-refractivity contribution in [1.29, 1.82) is 0 Å². The number of carboxylic acid groups (broad SMARTS) is 8. The Balaban J connectivity index is -0.000000151. The third-order valence-electron chi connectivity index (χ3n) is 12.7. The Hall–Kier alpha value is -4.62.